The third-order valence-electron chi connectivity index (χ3n) is 3.91. The Morgan fingerprint density at radius 1 is 1.35 bits per heavy atom. The van der Waals surface area contributed by atoms with Crippen molar-refractivity contribution in [2.75, 3.05) is 5.73 Å². The molecule has 1 saturated carbocycles. The molecular formula is C15H22Cl2N2O. The summed E-state index contributed by atoms with van der Waals surface area (Å²) in [5, 5.41) is 3.48. The Kier molecular flexibility index (Phi) is 5.72. The van der Waals surface area contributed by atoms with Crippen LogP contribution >= 0.6 is 24.0 Å². The van der Waals surface area contributed by atoms with E-state index < -0.39 is 0 Å². The first-order valence-electron chi connectivity index (χ1n) is 6.73. The fourth-order valence-electron chi connectivity index (χ4n) is 2.52. The average molecular weight is 317 g/mol. The van der Waals surface area contributed by atoms with Gasteiger partial charge >= 0.3 is 0 Å². The number of nitrogens with one attached hydrogen (secondary N) is 1. The number of amides is 1. The molecule has 0 atom stereocenters. The first kappa shape index (κ1) is 17.1. The van der Waals surface area contributed by atoms with E-state index in [1.54, 1.807) is 18.2 Å². The predicted molar refractivity (Wildman–Crippen MR) is 86.6 cm³/mol. The Morgan fingerprint density at radius 2 is 1.95 bits per heavy atom. The lowest BCUT2D eigenvalue weighted by atomic mass is 9.75. The molecule has 0 aromatic heterocycles. The number of nitrogens with two attached hydrogens (primary N) is 1. The maximum absolute atomic E-state index is 12.2. The van der Waals surface area contributed by atoms with Gasteiger partial charge in [-0.25, -0.2) is 0 Å². The minimum Gasteiger partial charge on any atom is -0.399 e. The van der Waals surface area contributed by atoms with Crippen LogP contribution in [0.4, 0.5) is 5.69 Å². The van der Waals surface area contributed by atoms with Crippen LogP contribution in [0.1, 0.15) is 49.9 Å². The van der Waals surface area contributed by atoms with Crippen LogP contribution in [-0.2, 0) is 0 Å². The van der Waals surface area contributed by atoms with Gasteiger partial charge in [0.05, 0.1) is 10.6 Å². The predicted octanol–water partition coefficient (Wildman–Crippen LogP) is 4.04. The van der Waals surface area contributed by atoms with Crippen molar-refractivity contribution in [3.05, 3.63) is 28.8 Å². The second-order valence-corrected chi connectivity index (χ2v) is 6.56. The van der Waals surface area contributed by atoms with Crippen molar-refractivity contribution in [1.29, 1.82) is 0 Å². The Balaban J connectivity index is 0.00000200. The Labute approximate surface area is 131 Å². The number of halogens is 2. The third kappa shape index (κ3) is 4.29. The van der Waals surface area contributed by atoms with E-state index >= 15 is 0 Å². The summed E-state index contributed by atoms with van der Waals surface area (Å²) in [6, 6.07) is 5.25. The second-order valence-electron chi connectivity index (χ2n) is 6.15. The number of anilines is 1. The summed E-state index contributed by atoms with van der Waals surface area (Å²) >= 11 is 6.05. The van der Waals surface area contributed by atoms with E-state index in [2.05, 4.69) is 19.2 Å². The molecule has 112 valence electrons. The average Bonchev–Trinajstić information content (AvgIpc) is 2.31. The fraction of sp³-hybridized carbons (Fsp3) is 0.533. The minimum atomic E-state index is -0.102. The summed E-state index contributed by atoms with van der Waals surface area (Å²) in [4.78, 5) is 12.2. The normalized spacial score (nSPS) is 18.1. The highest BCUT2D eigenvalue weighted by Gasteiger charge is 2.27. The maximum atomic E-state index is 12.2. The van der Waals surface area contributed by atoms with E-state index in [1.165, 1.54) is 0 Å². The summed E-state index contributed by atoms with van der Waals surface area (Å²) in [5.74, 6) is -0.102. The van der Waals surface area contributed by atoms with Crippen molar-refractivity contribution in [2.24, 2.45) is 5.41 Å². The first-order chi connectivity index (χ1) is 8.87. The van der Waals surface area contributed by atoms with Crippen LogP contribution in [0.3, 0.4) is 0 Å². The lowest BCUT2D eigenvalue weighted by Crippen LogP contribution is -2.39. The van der Waals surface area contributed by atoms with Crippen LogP contribution in [0.25, 0.3) is 0 Å². The van der Waals surface area contributed by atoms with Crippen LogP contribution in [0.2, 0.25) is 5.02 Å². The molecule has 0 unspecified atom stereocenters. The Morgan fingerprint density at radius 3 is 2.50 bits per heavy atom. The largest absolute Gasteiger partial charge is 0.399 e. The first-order valence-corrected chi connectivity index (χ1v) is 7.11. The highest BCUT2D eigenvalue weighted by molar-refractivity contribution is 6.34. The van der Waals surface area contributed by atoms with Gasteiger partial charge in [-0.1, -0.05) is 25.4 Å². The zero-order valence-electron chi connectivity index (χ0n) is 11.9. The minimum absolute atomic E-state index is 0. The van der Waals surface area contributed by atoms with Crippen LogP contribution in [0, 0.1) is 5.41 Å². The smallest absolute Gasteiger partial charge is 0.253 e. The van der Waals surface area contributed by atoms with Crippen LogP contribution in [0.5, 0.6) is 0 Å². The van der Waals surface area contributed by atoms with E-state index in [1.807, 2.05) is 0 Å². The molecule has 0 radical (unpaired) electrons. The van der Waals surface area contributed by atoms with Gasteiger partial charge in [-0.05, 0) is 49.3 Å². The van der Waals surface area contributed by atoms with E-state index in [0.29, 0.717) is 21.7 Å². The van der Waals surface area contributed by atoms with Gasteiger partial charge in [0.25, 0.3) is 5.91 Å². The molecule has 1 fully saturated rings. The van der Waals surface area contributed by atoms with E-state index in [0.717, 1.165) is 25.7 Å². The number of carbonyl (C=O) groups is 1. The molecule has 1 amide bonds. The van der Waals surface area contributed by atoms with Crippen LogP contribution in [-0.4, -0.2) is 11.9 Å². The molecule has 0 aliphatic heterocycles. The molecule has 0 saturated heterocycles. The number of hydrogen-bond acceptors (Lipinski definition) is 2. The SMILES string of the molecule is CC1(C)CCC(NC(=O)c2ccc(N)cc2Cl)CC1.Cl. The van der Waals surface area contributed by atoms with Crippen molar-refractivity contribution in [3.8, 4) is 0 Å². The molecule has 0 bridgehead atoms. The second kappa shape index (κ2) is 6.68. The highest BCUT2D eigenvalue weighted by atomic mass is 35.5. The van der Waals surface area contributed by atoms with Gasteiger partial charge in [0.2, 0.25) is 0 Å². The van der Waals surface area contributed by atoms with E-state index in [4.69, 9.17) is 17.3 Å². The number of rotatable bonds is 2. The van der Waals surface area contributed by atoms with Crippen molar-refractivity contribution in [1.82, 2.24) is 5.32 Å². The Bertz CT molecular complexity index is 479. The molecule has 5 heteroatoms. The lowest BCUT2D eigenvalue weighted by molar-refractivity contribution is 0.0909. The van der Waals surface area contributed by atoms with Crippen molar-refractivity contribution in [3.63, 3.8) is 0 Å². The van der Waals surface area contributed by atoms with Gasteiger partial charge in [-0.2, -0.15) is 0 Å². The lowest BCUT2D eigenvalue weighted by Gasteiger charge is -2.34. The molecule has 1 aromatic carbocycles. The molecule has 1 aliphatic rings. The van der Waals surface area contributed by atoms with Crippen molar-refractivity contribution in [2.45, 2.75) is 45.6 Å². The number of carbonyl (C=O) groups excluding carboxylic acids is 1. The summed E-state index contributed by atoms with van der Waals surface area (Å²) in [7, 11) is 0. The van der Waals surface area contributed by atoms with Gasteiger partial charge in [0.1, 0.15) is 0 Å². The zero-order chi connectivity index (χ0) is 14.0. The molecule has 2 rings (SSSR count). The summed E-state index contributed by atoms with van der Waals surface area (Å²) in [6.07, 6.45) is 4.36. The fourth-order valence-corrected chi connectivity index (χ4v) is 2.80. The van der Waals surface area contributed by atoms with Gasteiger partial charge in [-0.15, -0.1) is 12.4 Å². The highest BCUT2D eigenvalue weighted by Crippen LogP contribution is 2.35. The monoisotopic (exact) mass is 316 g/mol. The van der Waals surface area contributed by atoms with E-state index in [-0.39, 0.29) is 24.4 Å². The van der Waals surface area contributed by atoms with Crippen LogP contribution < -0.4 is 11.1 Å². The van der Waals surface area contributed by atoms with Gasteiger partial charge < -0.3 is 11.1 Å². The quantitative estimate of drug-likeness (QED) is 0.809. The third-order valence-corrected chi connectivity index (χ3v) is 4.22. The topological polar surface area (TPSA) is 55.1 Å². The van der Waals surface area contributed by atoms with Crippen LogP contribution in [0.15, 0.2) is 18.2 Å². The Hall–Kier alpha value is -0.930. The number of benzene rings is 1. The molecule has 0 spiro atoms. The molecule has 3 nitrogen and oxygen atoms in total. The molecule has 1 aliphatic carbocycles. The van der Waals surface area contributed by atoms with Gasteiger partial charge in [0, 0.05) is 11.7 Å². The molecule has 3 N–H and O–H groups in total. The van der Waals surface area contributed by atoms with Gasteiger partial charge in [0.15, 0.2) is 0 Å². The molecular weight excluding hydrogens is 295 g/mol. The summed E-state index contributed by atoms with van der Waals surface area (Å²) < 4.78 is 0. The molecule has 20 heavy (non-hydrogen) atoms. The summed E-state index contributed by atoms with van der Waals surface area (Å²) in [6.45, 7) is 4.56. The van der Waals surface area contributed by atoms with Crippen molar-refractivity contribution < 1.29 is 4.79 Å². The number of hydrogen-bond donors (Lipinski definition) is 2. The summed E-state index contributed by atoms with van der Waals surface area (Å²) in [5.41, 5.74) is 7.10. The molecule has 0 heterocycles. The van der Waals surface area contributed by atoms with Gasteiger partial charge in [-0.3, -0.25) is 4.79 Å². The maximum Gasteiger partial charge on any atom is 0.253 e. The van der Waals surface area contributed by atoms with Crippen molar-refractivity contribution >= 4 is 35.6 Å². The number of nitrogen functional groups attached to an aromatic ring is 1. The van der Waals surface area contributed by atoms with E-state index in [9.17, 15) is 4.79 Å². The molecule has 1 aromatic rings. The zero-order valence-corrected chi connectivity index (χ0v) is 13.5. The standard InChI is InChI=1S/C15H21ClN2O.ClH/c1-15(2)7-5-11(6-8-15)18-14(19)12-4-3-10(17)9-13(12)16;/h3-4,9,11H,5-8,17H2,1-2H3,(H,18,19);1H.